The zero-order valence-electron chi connectivity index (χ0n) is 16.5. The van der Waals surface area contributed by atoms with Crippen LogP contribution in [0.2, 0.25) is 5.02 Å². The molecule has 0 unspecified atom stereocenters. The molecule has 0 saturated carbocycles. The standard InChI is InChI=1S/C21H20ClF3N4O2/c1-13-10-15(6-7-17(13)22)27-19-12-18(28-20(29-19)26-8-3-9-30)14-4-2-5-16(11-14)31-21(23,24)25/h2,4-7,10-12,30H,3,8-9H2,1H3,(H2,26,27,28,29). The fourth-order valence-corrected chi connectivity index (χ4v) is 2.86. The van der Waals surface area contributed by atoms with Crippen LogP contribution < -0.4 is 15.4 Å². The molecule has 3 N–H and O–H groups in total. The summed E-state index contributed by atoms with van der Waals surface area (Å²) in [4.78, 5) is 8.79. The van der Waals surface area contributed by atoms with Crippen molar-refractivity contribution in [1.82, 2.24) is 9.97 Å². The second-order valence-corrected chi connectivity index (χ2v) is 7.04. The Morgan fingerprint density at radius 1 is 1.10 bits per heavy atom. The highest BCUT2D eigenvalue weighted by Crippen LogP contribution is 2.30. The number of nitrogens with one attached hydrogen (secondary N) is 2. The number of halogens is 4. The topological polar surface area (TPSA) is 79.3 Å². The van der Waals surface area contributed by atoms with Crippen molar-refractivity contribution in [2.75, 3.05) is 23.8 Å². The molecule has 10 heteroatoms. The van der Waals surface area contributed by atoms with Crippen LogP contribution in [-0.2, 0) is 0 Å². The highest BCUT2D eigenvalue weighted by atomic mass is 35.5. The van der Waals surface area contributed by atoms with Gasteiger partial charge in [0.25, 0.3) is 0 Å². The molecular formula is C21H20ClF3N4O2. The molecule has 0 fully saturated rings. The lowest BCUT2D eigenvalue weighted by molar-refractivity contribution is -0.274. The molecule has 6 nitrogen and oxygen atoms in total. The van der Waals surface area contributed by atoms with E-state index in [4.69, 9.17) is 16.7 Å². The van der Waals surface area contributed by atoms with Crippen LogP contribution in [0.5, 0.6) is 5.75 Å². The van der Waals surface area contributed by atoms with Gasteiger partial charge in [0.2, 0.25) is 5.95 Å². The van der Waals surface area contributed by atoms with E-state index in [1.54, 1.807) is 24.3 Å². The number of nitrogens with zero attached hydrogens (tertiary/aromatic N) is 2. The Morgan fingerprint density at radius 3 is 2.61 bits per heavy atom. The van der Waals surface area contributed by atoms with Crippen LogP contribution >= 0.6 is 11.6 Å². The minimum Gasteiger partial charge on any atom is -0.406 e. The van der Waals surface area contributed by atoms with Gasteiger partial charge in [0.15, 0.2) is 0 Å². The van der Waals surface area contributed by atoms with Crippen molar-refractivity contribution in [2.45, 2.75) is 19.7 Å². The third-order valence-electron chi connectivity index (χ3n) is 4.14. The first-order chi connectivity index (χ1) is 14.7. The number of hydrogen-bond acceptors (Lipinski definition) is 6. The number of aromatic nitrogens is 2. The summed E-state index contributed by atoms with van der Waals surface area (Å²) in [6.45, 7) is 2.29. The lowest BCUT2D eigenvalue weighted by Crippen LogP contribution is -2.17. The fourth-order valence-electron chi connectivity index (χ4n) is 2.74. The SMILES string of the molecule is Cc1cc(Nc2cc(-c3cccc(OC(F)(F)F)c3)nc(NCCCO)n2)ccc1Cl. The van der Waals surface area contributed by atoms with E-state index in [1.807, 2.05) is 13.0 Å². The van der Waals surface area contributed by atoms with Crippen molar-refractivity contribution >= 4 is 29.1 Å². The number of aryl methyl sites for hydroxylation is 1. The zero-order chi connectivity index (χ0) is 22.4. The summed E-state index contributed by atoms with van der Waals surface area (Å²) in [6.07, 6.45) is -4.30. The third kappa shape index (κ3) is 6.73. The Kier molecular flexibility index (Phi) is 7.19. The molecule has 3 aromatic rings. The summed E-state index contributed by atoms with van der Waals surface area (Å²) in [7, 11) is 0. The Morgan fingerprint density at radius 2 is 1.90 bits per heavy atom. The van der Waals surface area contributed by atoms with E-state index in [2.05, 4.69) is 25.3 Å². The maximum atomic E-state index is 12.6. The zero-order valence-corrected chi connectivity index (χ0v) is 17.3. The van der Waals surface area contributed by atoms with Gasteiger partial charge >= 0.3 is 6.36 Å². The minimum absolute atomic E-state index is 0.00131. The molecule has 3 rings (SSSR count). The van der Waals surface area contributed by atoms with Crippen molar-refractivity contribution in [3.8, 4) is 17.0 Å². The number of hydrogen-bond donors (Lipinski definition) is 3. The van der Waals surface area contributed by atoms with E-state index in [0.29, 0.717) is 35.1 Å². The van der Waals surface area contributed by atoms with Crippen molar-refractivity contribution in [3.63, 3.8) is 0 Å². The van der Waals surface area contributed by atoms with Crippen LogP contribution in [0.1, 0.15) is 12.0 Å². The highest BCUT2D eigenvalue weighted by Gasteiger charge is 2.31. The summed E-state index contributed by atoms with van der Waals surface area (Å²) in [5, 5.41) is 15.8. The lowest BCUT2D eigenvalue weighted by atomic mass is 10.1. The largest absolute Gasteiger partial charge is 0.573 e. The van der Waals surface area contributed by atoms with Gasteiger partial charge in [0.1, 0.15) is 11.6 Å². The van der Waals surface area contributed by atoms with Gasteiger partial charge in [-0.1, -0.05) is 23.7 Å². The predicted octanol–water partition coefficient (Wildman–Crippen LogP) is 5.54. The van der Waals surface area contributed by atoms with E-state index in [0.717, 1.165) is 11.3 Å². The van der Waals surface area contributed by atoms with Gasteiger partial charge in [-0.05, 0) is 49.2 Å². The molecule has 0 spiro atoms. The van der Waals surface area contributed by atoms with Gasteiger partial charge in [-0.25, -0.2) is 4.98 Å². The summed E-state index contributed by atoms with van der Waals surface area (Å²) < 4.78 is 41.8. The first-order valence-corrected chi connectivity index (χ1v) is 9.74. The lowest BCUT2D eigenvalue weighted by Gasteiger charge is -2.13. The van der Waals surface area contributed by atoms with Crippen LogP contribution in [-0.4, -0.2) is 34.6 Å². The van der Waals surface area contributed by atoms with E-state index in [1.165, 1.54) is 18.2 Å². The molecule has 0 amide bonds. The fraction of sp³-hybridized carbons (Fsp3) is 0.238. The third-order valence-corrected chi connectivity index (χ3v) is 4.56. The average Bonchev–Trinajstić information content (AvgIpc) is 2.70. The summed E-state index contributed by atoms with van der Waals surface area (Å²) >= 11 is 6.07. The van der Waals surface area contributed by atoms with Crippen LogP contribution in [0.25, 0.3) is 11.3 Å². The monoisotopic (exact) mass is 452 g/mol. The number of aliphatic hydroxyl groups excluding tert-OH is 1. The molecule has 0 aliphatic carbocycles. The summed E-state index contributed by atoms with van der Waals surface area (Å²) in [5.41, 5.74) is 2.42. The second kappa shape index (κ2) is 9.84. The van der Waals surface area contributed by atoms with E-state index >= 15 is 0 Å². The van der Waals surface area contributed by atoms with Crippen molar-refractivity contribution in [1.29, 1.82) is 0 Å². The molecule has 1 aromatic heterocycles. The highest BCUT2D eigenvalue weighted by molar-refractivity contribution is 6.31. The van der Waals surface area contributed by atoms with Crippen LogP contribution in [0, 0.1) is 6.92 Å². The normalized spacial score (nSPS) is 11.3. The van der Waals surface area contributed by atoms with Gasteiger partial charge < -0.3 is 20.5 Å². The van der Waals surface area contributed by atoms with Crippen LogP contribution in [0.15, 0.2) is 48.5 Å². The number of alkyl halides is 3. The van der Waals surface area contributed by atoms with E-state index < -0.39 is 6.36 Å². The van der Waals surface area contributed by atoms with Gasteiger partial charge in [-0.15, -0.1) is 13.2 Å². The maximum absolute atomic E-state index is 12.6. The number of ether oxygens (including phenoxy) is 1. The van der Waals surface area contributed by atoms with Gasteiger partial charge in [-0.3, -0.25) is 0 Å². The molecule has 2 aromatic carbocycles. The van der Waals surface area contributed by atoms with Crippen LogP contribution in [0.3, 0.4) is 0 Å². The van der Waals surface area contributed by atoms with Crippen molar-refractivity contribution < 1.29 is 23.0 Å². The molecular weight excluding hydrogens is 433 g/mol. The van der Waals surface area contributed by atoms with Gasteiger partial charge in [-0.2, -0.15) is 4.98 Å². The van der Waals surface area contributed by atoms with Gasteiger partial charge in [0, 0.05) is 35.5 Å². The molecule has 0 bridgehead atoms. The van der Waals surface area contributed by atoms with Crippen molar-refractivity contribution in [3.05, 3.63) is 59.1 Å². The Bertz CT molecular complexity index is 1050. The molecule has 0 radical (unpaired) electrons. The second-order valence-electron chi connectivity index (χ2n) is 6.63. The molecule has 0 aliphatic heterocycles. The van der Waals surface area contributed by atoms with E-state index in [-0.39, 0.29) is 18.3 Å². The quantitative estimate of drug-likeness (QED) is 0.389. The maximum Gasteiger partial charge on any atom is 0.573 e. The number of rotatable bonds is 8. The first kappa shape index (κ1) is 22.6. The Balaban J connectivity index is 1.95. The average molecular weight is 453 g/mol. The van der Waals surface area contributed by atoms with E-state index in [9.17, 15) is 13.2 Å². The Labute approximate surface area is 182 Å². The number of aliphatic hydroxyl groups is 1. The Hall–Kier alpha value is -3.04. The molecule has 164 valence electrons. The number of benzene rings is 2. The van der Waals surface area contributed by atoms with Crippen LogP contribution in [0.4, 0.5) is 30.6 Å². The minimum atomic E-state index is -4.79. The molecule has 31 heavy (non-hydrogen) atoms. The first-order valence-electron chi connectivity index (χ1n) is 9.37. The molecule has 0 saturated heterocycles. The summed E-state index contributed by atoms with van der Waals surface area (Å²) in [6, 6.07) is 12.5. The molecule has 0 atom stereocenters. The van der Waals surface area contributed by atoms with Gasteiger partial charge in [0.05, 0.1) is 5.69 Å². The molecule has 1 heterocycles. The predicted molar refractivity (Wildman–Crippen MR) is 114 cm³/mol. The smallest absolute Gasteiger partial charge is 0.406 e. The number of anilines is 3. The summed E-state index contributed by atoms with van der Waals surface area (Å²) in [5.74, 6) is 0.350. The van der Waals surface area contributed by atoms with Crippen molar-refractivity contribution in [2.24, 2.45) is 0 Å². The molecule has 0 aliphatic rings.